The van der Waals surface area contributed by atoms with Gasteiger partial charge in [-0.1, -0.05) is 6.07 Å². The molecule has 0 unspecified atom stereocenters. The highest BCUT2D eigenvalue weighted by molar-refractivity contribution is 5.94. The minimum absolute atomic E-state index is 0.141. The van der Waals surface area contributed by atoms with Crippen LogP contribution >= 0.6 is 0 Å². The van der Waals surface area contributed by atoms with Crippen LogP contribution in [0.25, 0.3) is 16.9 Å². The Morgan fingerprint density at radius 1 is 1.03 bits per heavy atom. The molecule has 0 spiro atoms. The van der Waals surface area contributed by atoms with Crippen LogP contribution in [0.4, 0.5) is 0 Å². The first kappa shape index (κ1) is 18.2. The number of carbonyl (C=O) groups is 1. The molecule has 1 aliphatic heterocycles. The molecule has 3 heterocycles. The van der Waals surface area contributed by atoms with Crippen LogP contribution in [-0.4, -0.2) is 33.7 Å². The molecule has 5 rings (SSSR count). The van der Waals surface area contributed by atoms with Gasteiger partial charge in [0.1, 0.15) is 25.1 Å². The van der Waals surface area contributed by atoms with Crippen LogP contribution < -0.4 is 14.8 Å². The molecule has 1 amide bonds. The number of amides is 1. The van der Waals surface area contributed by atoms with Gasteiger partial charge in [0.05, 0.1) is 6.04 Å². The van der Waals surface area contributed by atoms with E-state index in [1.165, 1.54) is 0 Å². The van der Waals surface area contributed by atoms with Crippen LogP contribution in [0.1, 0.15) is 28.9 Å². The van der Waals surface area contributed by atoms with Gasteiger partial charge >= 0.3 is 0 Å². The highest BCUT2D eigenvalue weighted by Crippen LogP contribution is 2.32. The molecule has 1 N–H and O–H groups in total. The normalized spacial score (nSPS) is 13.8. The smallest absolute Gasteiger partial charge is 0.251 e. The van der Waals surface area contributed by atoms with E-state index >= 15 is 0 Å². The van der Waals surface area contributed by atoms with E-state index in [9.17, 15) is 4.79 Å². The third-order valence-electron chi connectivity index (χ3n) is 5.13. The fourth-order valence-electron chi connectivity index (χ4n) is 3.50. The fraction of sp³-hybridized carbons (Fsp3) is 0.174. The zero-order valence-electron chi connectivity index (χ0n) is 16.4. The summed E-state index contributed by atoms with van der Waals surface area (Å²) in [4.78, 5) is 21.5. The summed E-state index contributed by atoms with van der Waals surface area (Å²) in [5.74, 6) is 1.31. The second-order valence-corrected chi connectivity index (χ2v) is 7.11. The number of nitrogens with one attached hydrogen (secondary N) is 1. The molecule has 0 bridgehead atoms. The first-order valence-electron chi connectivity index (χ1n) is 9.78. The van der Waals surface area contributed by atoms with Gasteiger partial charge < -0.3 is 14.8 Å². The van der Waals surface area contributed by atoms with Crippen molar-refractivity contribution in [3.63, 3.8) is 0 Å². The third-order valence-corrected chi connectivity index (χ3v) is 5.13. The summed E-state index contributed by atoms with van der Waals surface area (Å²) >= 11 is 0. The Bertz CT molecular complexity index is 1220. The van der Waals surface area contributed by atoms with E-state index in [1.54, 1.807) is 24.7 Å². The van der Waals surface area contributed by atoms with Crippen molar-refractivity contribution in [2.24, 2.45) is 0 Å². The Morgan fingerprint density at radius 2 is 1.83 bits per heavy atom. The lowest BCUT2D eigenvalue weighted by Crippen LogP contribution is -2.26. The van der Waals surface area contributed by atoms with Crippen molar-refractivity contribution in [3.05, 3.63) is 78.2 Å². The van der Waals surface area contributed by atoms with Crippen molar-refractivity contribution in [2.45, 2.75) is 13.0 Å². The Hall–Kier alpha value is -3.87. The maximum Gasteiger partial charge on any atom is 0.251 e. The van der Waals surface area contributed by atoms with Gasteiger partial charge in [0.2, 0.25) is 0 Å². The van der Waals surface area contributed by atoms with Gasteiger partial charge in [0.25, 0.3) is 5.91 Å². The molecule has 0 aliphatic carbocycles. The maximum absolute atomic E-state index is 12.7. The van der Waals surface area contributed by atoms with Crippen molar-refractivity contribution >= 4 is 17.1 Å². The third kappa shape index (κ3) is 3.34. The van der Waals surface area contributed by atoms with Crippen molar-refractivity contribution in [1.82, 2.24) is 19.9 Å². The molecule has 1 atom stereocenters. The number of hydrogen-bond acceptors (Lipinski definition) is 5. The van der Waals surface area contributed by atoms with Crippen LogP contribution in [0.5, 0.6) is 11.5 Å². The summed E-state index contributed by atoms with van der Waals surface area (Å²) in [6, 6.07) is 16.7. The Kier molecular flexibility index (Phi) is 4.55. The molecule has 0 fully saturated rings. The van der Waals surface area contributed by atoms with Gasteiger partial charge in [-0.05, 0) is 61.0 Å². The van der Waals surface area contributed by atoms with Gasteiger partial charge in [-0.15, -0.1) is 0 Å². The molecule has 0 saturated heterocycles. The van der Waals surface area contributed by atoms with Gasteiger partial charge in [0, 0.05) is 17.4 Å². The second-order valence-electron chi connectivity index (χ2n) is 7.11. The number of rotatable bonds is 4. The van der Waals surface area contributed by atoms with Gasteiger partial charge in [-0.3, -0.25) is 9.36 Å². The Balaban J connectivity index is 1.32. The van der Waals surface area contributed by atoms with Crippen LogP contribution in [0.2, 0.25) is 0 Å². The summed E-state index contributed by atoms with van der Waals surface area (Å²) in [6.07, 6.45) is 3.47. The maximum atomic E-state index is 12.7. The minimum atomic E-state index is -0.171. The Morgan fingerprint density at radius 3 is 2.67 bits per heavy atom. The van der Waals surface area contributed by atoms with E-state index in [0.717, 1.165) is 28.2 Å². The quantitative estimate of drug-likeness (QED) is 0.565. The van der Waals surface area contributed by atoms with Crippen molar-refractivity contribution < 1.29 is 14.3 Å². The predicted octanol–water partition coefficient (Wildman–Crippen LogP) is 3.68. The molecular formula is C23H20N4O3. The molecule has 0 saturated carbocycles. The lowest BCUT2D eigenvalue weighted by Gasteiger charge is -2.21. The largest absolute Gasteiger partial charge is 0.486 e. The number of imidazole rings is 1. The van der Waals surface area contributed by atoms with E-state index in [4.69, 9.17) is 9.47 Å². The van der Waals surface area contributed by atoms with Crippen LogP contribution in [0.3, 0.4) is 0 Å². The summed E-state index contributed by atoms with van der Waals surface area (Å²) in [7, 11) is 0. The fourth-order valence-corrected chi connectivity index (χ4v) is 3.50. The van der Waals surface area contributed by atoms with Crippen LogP contribution in [0, 0.1) is 0 Å². The van der Waals surface area contributed by atoms with E-state index in [2.05, 4.69) is 15.3 Å². The highest BCUT2D eigenvalue weighted by Gasteiger charge is 2.16. The van der Waals surface area contributed by atoms with Gasteiger partial charge in [0.15, 0.2) is 17.1 Å². The van der Waals surface area contributed by atoms with Crippen molar-refractivity contribution in [2.75, 3.05) is 13.2 Å². The molecule has 2 aromatic carbocycles. The summed E-state index contributed by atoms with van der Waals surface area (Å²) in [5, 5.41) is 3.04. The highest BCUT2D eigenvalue weighted by atomic mass is 16.6. The van der Waals surface area contributed by atoms with Gasteiger partial charge in [-0.2, -0.15) is 0 Å². The first-order chi connectivity index (χ1) is 14.7. The molecule has 2 aromatic heterocycles. The summed E-state index contributed by atoms with van der Waals surface area (Å²) in [5.41, 5.74) is 4.04. The SMILES string of the molecule is C[C@H](NC(=O)c1ccc(-n2cnc3cccnc32)cc1)c1ccc2c(c1)OCCO2. The number of nitrogens with zero attached hydrogens (tertiary/aromatic N) is 3. The summed E-state index contributed by atoms with van der Waals surface area (Å²) < 4.78 is 13.1. The van der Waals surface area contributed by atoms with E-state index in [0.29, 0.717) is 24.5 Å². The second kappa shape index (κ2) is 7.51. The van der Waals surface area contributed by atoms with Crippen LogP contribution in [-0.2, 0) is 0 Å². The van der Waals surface area contributed by atoms with Crippen molar-refractivity contribution in [1.29, 1.82) is 0 Å². The average molecular weight is 400 g/mol. The zero-order valence-corrected chi connectivity index (χ0v) is 16.4. The first-order valence-corrected chi connectivity index (χ1v) is 9.78. The average Bonchev–Trinajstić information content (AvgIpc) is 3.23. The van der Waals surface area contributed by atoms with E-state index in [1.807, 2.05) is 54.0 Å². The van der Waals surface area contributed by atoms with Crippen LogP contribution in [0.15, 0.2) is 67.1 Å². The monoisotopic (exact) mass is 400 g/mol. The summed E-state index contributed by atoms with van der Waals surface area (Å²) in [6.45, 7) is 3.03. The number of carbonyl (C=O) groups excluding carboxylic acids is 1. The van der Waals surface area contributed by atoms with E-state index < -0.39 is 0 Å². The molecule has 1 aliphatic rings. The number of ether oxygens (including phenoxy) is 2. The predicted molar refractivity (Wildman–Crippen MR) is 112 cm³/mol. The number of fused-ring (bicyclic) bond motifs is 2. The number of benzene rings is 2. The molecule has 4 aromatic rings. The van der Waals surface area contributed by atoms with E-state index in [-0.39, 0.29) is 11.9 Å². The number of pyridine rings is 1. The zero-order chi connectivity index (χ0) is 20.5. The molecule has 30 heavy (non-hydrogen) atoms. The molecular weight excluding hydrogens is 380 g/mol. The number of hydrogen-bond donors (Lipinski definition) is 1. The molecule has 150 valence electrons. The lowest BCUT2D eigenvalue weighted by atomic mass is 10.1. The number of aromatic nitrogens is 3. The Labute approximate surface area is 173 Å². The van der Waals surface area contributed by atoms with Gasteiger partial charge in [-0.25, -0.2) is 9.97 Å². The minimum Gasteiger partial charge on any atom is -0.486 e. The molecule has 7 nitrogen and oxygen atoms in total. The lowest BCUT2D eigenvalue weighted by molar-refractivity contribution is 0.0939. The molecule has 0 radical (unpaired) electrons. The van der Waals surface area contributed by atoms with Crippen molar-refractivity contribution in [3.8, 4) is 17.2 Å². The molecule has 7 heteroatoms. The standard InChI is InChI=1S/C23H20N4O3/c1-15(17-6-9-20-21(13-17)30-12-11-29-20)26-23(28)16-4-7-18(8-5-16)27-14-25-19-3-2-10-24-22(19)27/h2-10,13-15H,11-12H2,1H3,(H,26,28)/t15-/m0/s1. The topological polar surface area (TPSA) is 78.3 Å².